The minimum atomic E-state index is 0.819. The Hall–Kier alpha value is -1.32. The maximum atomic E-state index is 5.63. The number of hydrogen-bond donors (Lipinski definition) is 2. The van der Waals surface area contributed by atoms with Crippen molar-refractivity contribution in [3.63, 3.8) is 0 Å². The topological polar surface area (TPSA) is 41.3 Å². The molecule has 16 heavy (non-hydrogen) atoms. The Morgan fingerprint density at radius 2 is 1.88 bits per heavy atom. The summed E-state index contributed by atoms with van der Waals surface area (Å²) in [5.74, 6) is 0. The van der Waals surface area contributed by atoms with E-state index in [0.29, 0.717) is 0 Å². The minimum absolute atomic E-state index is 0.819. The second-order valence-corrected chi connectivity index (χ2v) is 4.12. The summed E-state index contributed by atoms with van der Waals surface area (Å²) in [6.07, 6.45) is 4.37. The number of piperazine rings is 1. The van der Waals surface area contributed by atoms with Gasteiger partial charge >= 0.3 is 0 Å². The summed E-state index contributed by atoms with van der Waals surface area (Å²) in [6.45, 7) is 5.54. The van der Waals surface area contributed by atoms with Gasteiger partial charge in [0.1, 0.15) is 0 Å². The van der Waals surface area contributed by atoms with Gasteiger partial charge in [0.2, 0.25) is 0 Å². The predicted octanol–water partition coefficient (Wildman–Crippen LogP) is 1.19. The lowest BCUT2D eigenvalue weighted by Gasteiger charge is -2.25. The molecular formula is C13H19N3. The van der Waals surface area contributed by atoms with E-state index in [0.717, 1.165) is 38.4 Å². The van der Waals surface area contributed by atoms with Gasteiger partial charge < -0.3 is 11.1 Å². The molecule has 3 heteroatoms. The lowest BCUT2D eigenvalue weighted by atomic mass is 10.2. The Morgan fingerprint density at radius 3 is 2.56 bits per heavy atom. The zero-order chi connectivity index (χ0) is 11.2. The summed E-state index contributed by atoms with van der Waals surface area (Å²) in [6, 6.07) is 7.96. The summed E-state index contributed by atoms with van der Waals surface area (Å²) in [5, 5.41) is 3.35. The number of rotatable bonds is 3. The Morgan fingerprint density at radius 1 is 1.19 bits per heavy atom. The third kappa shape index (κ3) is 3.36. The smallest absolute Gasteiger partial charge is 0.0314 e. The van der Waals surface area contributed by atoms with Crippen LogP contribution < -0.4 is 11.1 Å². The molecule has 1 aromatic carbocycles. The highest BCUT2D eigenvalue weighted by molar-refractivity contribution is 5.53. The van der Waals surface area contributed by atoms with Crippen LogP contribution in [0.4, 0.5) is 5.69 Å². The van der Waals surface area contributed by atoms with Crippen LogP contribution in [0.2, 0.25) is 0 Å². The summed E-state index contributed by atoms with van der Waals surface area (Å²) >= 11 is 0. The number of anilines is 1. The van der Waals surface area contributed by atoms with Crippen molar-refractivity contribution in [1.82, 2.24) is 10.2 Å². The lowest BCUT2D eigenvalue weighted by molar-refractivity contribution is 0.265. The van der Waals surface area contributed by atoms with E-state index in [2.05, 4.69) is 22.4 Å². The summed E-state index contributed by atoms with van der Waals surface area (Å²) < 4.78 is 0. The predicted molar refractivity (Wildman–Crippen MR) is 69.2 cm³/mol. The van der Waals surface area contributed by atoms with E-state index >= 15 is 0 Å². The molecule has 3 N–H and O–H groups in total. The normalized spacial score (nSPS) is 18.0. The Kier molecular flexibility index (Phi) is 3.97. The van der Waals surface area contributed by atoms with E-state index in [-0.39, 0.29) is 0 Å². The second-order valence-electron chi connectivity index (χ2n) is 4.12. The molecule has 1 aliphatic rings. The molecular weight excluding hydrogens is 198 g/mol. The van der Waals surface area contributed by atoms with Crippen molar-refractivity contribution in [3.8, 4) is 0 Å². The van der Waals surface area contributed by atoms with Gasteiger partial charge in [-0.05, 0) is 17.7 Å². The SMILES string of the molecule is Nc1ccc(C=CCN2CCNCC2)cc1. The van der Waals surface area contributed by atoms with Gasteiger partial charge in [0.25, 0.3) is 0 Å². The van der Waals surface area contributed by atoms with E-state index in [9.17, 15) is 0 Å². The molecule has 1 aromatic rings. The van der Waals surface area contributed by atoms with Crippen molar-refractivity contribution < 1.29 is 0 Å². The third-order valence-corrected chi connectivity index (χ3v) is 2.82. The maximum Gasteiger partial charge on any atom is 0.0314 e. The van der Waals surface area contributed by atoms with Crippen molar-refractivity contribution in [2.24, 2.45) is 0 Å². The number of nitrogens with one attached hydrogen (secondary N) is 1. The van der Waals surface area contributed by atoms with Crippen LogP contribution in [0.1, 0.15) is 5.56 Å². The minimum Gasteiger partial charge on any atom is -0.399 e. The van der Waals surface area contributed by atoms with Crippen LogP contribution in [0.15, 0.2) is 30.3 Å². The van der Waals surface area contributed by atoms with Gasteiger partial charge in [0.15, 0.2) is 0 Å². The highest BCUT2D eigenvalue weighted by Gasteiger charge is 2.06. The molecule has 1 aliphatic heterocycles. The molecule has 0 amide bonds. The molecule has 0 radical (unpaired) electrons. The molecule has 86 valence electrons. The van der Waals surface area contributed by atoms with E-state index in [1.165, 1.54) is 5.56 Å². The van der Waals surface area contributed by atoms with Crippen LogP contribution >= 0.6 is 0 Å². The number of nitrogens with zero attached hydrogens (tertiary/aromatic N) is 1. The van der Waals surface area contributed by atoms with Crippen LogP contribution in [0.3, 0.4) is 0 Å². The largest absolute Gasteiger partial charge is 0.399 e. The molecule has 3 nitrogen and oxygen atoms in total. The van der Waals surface area contributed by atoms with Gasteiger partial charge in [0, 0.05) is 38.4 Å². The molecule has 1 saturated heterocycles. The quantitative estimate of drug-likeness (QED) is 0.747. The second kappa shape index (κ2) is 5.68. The summed E-state index contributed by atoms with van der Waals surface area (Å²) in [4.78, 5) is 2.45. The van der Waals surface area contributed by atoms with Crippen LogP contribution in [0.25, 0.3) is 6.08 Å². The van der Waals surface area contributed by atoms with Crippen LogP contribution in [-0.4, -0.2) is 37.6 Å². The van der Waals surface area contributed by atoms with Crippen LogP contribution in [-0.2, 0) is 0 Å². The highest BCUT2D eigenvalue weighted by atomic mass is 15.2. The van der Waals surface area contributed by atoms with Crippen molar-refractivity contribution in [2.45, 2.75) is 0 Å². The first-order valence-corrected chi connectivity index (χ1v) is 5.80. The van der Waals surface area contributed by atoms with E-state index < -0.39 is 0 Å². The summed E-state index contributed by atoms with van der Waals surface area (Å²) in [5.41, 5.74) is 7.66. The van der Waals surface area contributed by atoms with Gasteiger partial charge in [-0.1, -0.05) is 24.3 Å². The summed E-state index contributed by atoms with van der Waals surface area (Å²) in [7, 11) is 0. The third-order valence-electron chi connectivity index (χ3n) is 2.82. The molecule has 0 unspecified atom stereocenters. The monoisotopic (exact) mass is 217 g/mol. The van der Waals surface area contributed by atoms with Crippen LogP contribution in [0, 0.1) is 0 Å². The Bertz CT molecular complexity index is 337. The molecule has 0 atom stereocenters. The van der Waals surface area contributed by atoms with Gasteiger partial charge in [0.05, 0.1) is 0 Å². The molecule has 0 spiro atoms. The Balaban J connectivity index is 1.82. The molecule has 2 rings (SSSR count). The first-order chi connectivity index (χ1) is 7.84. The van der Waals surface area contributed by atoms with Gasteiger partial charge in [-0.15, -0.1) is 0 Å². The molecule has 0 aromatic heterocycles. The molecule has 1 fully saturated rings. The number of hydrogen-bond acceptors (Lipinski definition) is 3. The zero-order valence-corrected chi connectivity index (χ0v) is 9.52. The molecule has 1 heterocycles. The number of benzene rings is 1. The highest BCUT2D eigenvalue weighted by Crippen LogP contribution is 2.07. The van der Waals surface area contributed by atoms with Crippen LogP contribution in [0.5, 0.6) is 0 Å². The first-order valence-electron chi connectivity index (χ1n) is 5.80. The average Bonchev–Trinajstić information content (AvgIpc) is 2.33. The fourth-order valence-electron chi connectivity index (χ4n) is 1.84. The van der Waals surface area contributed by atoms with Gasteiger partial charge in [-0.2, -0.15) is 0 Å². The molecule has 0 aliphatic carbocycles. The zero-order valence-electron chi connectivity index (χ0n) is 9.52. The van der Waals surface area contributed by atoms with Gasteiger partial charge in [-0.25, -0.2) is 0 Å². The number of nitrogen functional groups attached to an aromatic ring is 1. The fourth-order valence-corrected chi connectivity index (χ4v) is 1.84. The van der Waals surface area contributed by atoms with E-state index in [1.807, 2.05) is 24.3 Å². The van der Waals surface area contributed by atoms with E-state index in [4.69, 9.17) is 5.73 Å². The Labute approximate surface area is 96.9 Å². The maximum absolute atomic E-state index is 5.63. The molecule has 0 bridgehead atoms. The van der Waals surface area contributed by atoms with Crippen molar-refractivity contribution in [2.75, 3.05) is 38.5 Å². The fraction of sp³-hybridized carbons (Fsp3) is 0.385. The standard InChI is InChI=1S/C13H19N3/c14-13-5-3-12(4-6-13)2-1-9-16-10-7-15-8-11-16/h1-6,15H,7-11,14H2. The number of nitrogens with two attached hydrogens (primary N) is 1. The van der Waals surface area contributed by atoms with Crippen molar-refractivity contribution in [1.29, 1.82) is 0 Å². The molecule has 0 saturated carbocycles. The van der Waals surface area contributed by atoms with Gasteiger partial charge in [-0.3, -0.25) is 4.90 Å². The van der Waals surface area contributed by atoms with Crippen molar-refractivity contribution >= 4 is 11.8 Å². The lowest BCUT2D eigenvalue weighted by Crippen LogP contribution is -2.43. The average molecular weight is 217 g/mol. The first kappa shape index (κ1) is 11.2. The van der Waals surface area contributed by atoms with Crippen molar-refractivity contribution in [3.05, 3.63) is 35.9 Å². The van der Waals surface area contributed by atoms with E-state index in [1.54, 1.807) is 0 Å².